The SMILES string of the molecule is CC(C)c1ccc(S(=O)(=O)NCCC(=O)NC2CCCCC2)cc1. The molecule has 1 aliphatic rings. The predicted octanol–water partition coefficient (Wildman–Crippen LogP) is 2.93. The largest absolute Gasteiger partial charge is 0.353 e. The zero-order chi connectivity index (χ0) is 17.6. The van der Waals surface area contributed by atoms with Crippen molar-refractivity contribution in [1.82, 2.24) is 10.0 Å². The van der Waals surface area contributed by atoms with E-state index in [0.717, 1.165) is 31.2 Å². The van der Waals surface area contributed by atoms with Crippen molar-refractivity contribution in [3.8, 4) is 0 Å². The molecule has 6 heteroatoms. The third-order valence-corrected chi connectivity index (χ3v) is 5.95. The van der Waals surface area contributed by atoms with Crippen LogP contribution >= 0.6 is 0 Å². The molecule has 2 rings (SSSR count). The number of amides is 1. The van der Waals surface area contributed by atoms with Crippen molar-refractivity contribution in [2.24, 2.45) is 0 Å². The van der Waals surface area contributed by atoms with E-state index in [0.29, 0.717) is 5.92 Å². The highest BCUT2D eigenvalue weighted by Crippen LogP contribution is 2.18. The van der Waals surface area contributed by atoms with Crippen molar-refractivity contribution in [3.63, 3.8) is 0 Å². The van der Waals surface area contributed by atoms with Crippen LogP contribution in [0.15, 0.2) is 29.2 Å². The normalized spacial score (nSPS) is 16.3. The molecule has 1 aromatic carbocycles. The number of sulfonamides is 1. The highest BCUT2D eigenvalue weighted by Gasteiger charge is 2.17. The van der Waals surface area contributed by atoms with E-state index >= 15 is 0 Å². The lowest BCUT2D eigenvalue weighted by Gasteiger charge is -2.22. The van der Waals surface area contributed by atoms with Crippen LogP contribution < -0.4 is 10.0 Å². The molecule has 0 bridgehead atoms. The van der Waals surface area contributed by atoms with Crippen LogP contribution in [0.2, 0.25) is 0 Å². The summed E-state index contributed by atoms with van der Waals surface area (Å²) in [6.45, 7) is 4.24. The van der Waals surface area contributed by atoms with Gasteiger partial charge in [0.15, 0.2) is 0 Å². The Bertz CT molecular complexity index is 633. The average Bonchev–Trinajstić information content (AvgIpc) is 2.55. The lowest BCUT2D eigenvalue weighted by molar-refractivity contribution is -0.121. The number of carbonyl (C=O) groups is 1. The predicted molar refractivity (Wildman–Crippen MR) is 95.4 cm³/mol. The second-order valence-corrected chi connectivity index (χ2v) is 8.54. The molecule has 1 saturated carbocycles. The smallest absolute Gasteiger partial charge is 0.240 e. The first-order valence-electron chi connectivity index (χ1n) is 8.77. The molecule has 0 unspecified atom stereocenters. The van der Waals surface area contributed by atoms with E-state index in [1.165, 1.54) is 6.42 Å². The maximum atomic E-state index is 12.2. The van der Waals surface area contributed by atoms with E-state index in [1.807, 2.05) is 12.1 Å². The summed E-state index contributed by atoms with van der Waals surface area (Å²) >= 11 is 0. The molecule has 0 saturated heterocycles. The van der Waals surface area contributed by atoms with Gasteiger partial charge in [-0.25, -0.2) is 13.1 Å². The first-order valence-corrected chi connectivity index (χ1v) is 10.3. The summed E-state index contributed by atoms with van der Waals surface area (Å²) in [6, 6.07) is 7.13. The summed E-state index contributed by atoms with van der Waals surface area (Å²) in [5.74, 6) is 0.276. The van der Waals surface area contributed by atoms with Gasteiger partial charge in [-0.1, -0.05) is 45.2 Å². The Morgan fingerprint density at radius 1 is 1.12 bits per heavy atom. The first-order chi connectivity index (χ1) is 11.4. The van der Waals surface area contributed by atoms with Gasteiger partial charge >= 0.3 is 0 Å². The maximum absolute atomic E-state index is 12.2. The van der Waals surface area contributed by atoms with Crippen molar-refractivity contribution >= 4 is 15.9 Å². The fourth-order valence-corrected chi connectivity index (χ4v) is 3.99. The van der Waals surface area contributed by atoms with Crippen molar-refractivity contribution in [2.45, 2.75) is 69.2 Å². The van der Waals surface area contributed by atoms with E-state index in [2.05, 4.69) is 23.9 Å². The molecule has 24 heavy (non-hydrogen) atoms. The quantitative estimate of drug-likeness (QED) is 0.792. The molecule has 5 nitrogen and oxygen atoms in total. The molecule has 0 radical (unpaired) electrons. The van der Waals surface area contributed by atoms with Crippen molar-refractivity contribution < 1.29 is 13.2 Å². The molecular weight excluding hydrogens is 324 g/mol. The Kier molecular flexibility index (Phi) is 6.80. The molecule has 0 spiro atoms. The number of hydrogen-bond acceptors (Lipinski definition) is 3. The summed E-state index contributed by atoms with van der Waals surface area (Å²) in [5.41, 5.74) is 1.10. The van der Waals surface area contributed by atoms with Gasteiger partial charge in [-0.2, -0.15) is 0 Å². The summed E-state index contributed by atoms with van der Waals surface area (Å²) in [7, 11) is -3.56. The highest BCUT2D eigenvalue weighted by molar-refractivity contribution is 7.89. The molecule has 1 fully saturated rings. The Morgan fingerprint density at radius 3 is 2.33 bits per heavy atom. The minimum absolute atomic E-state index is 0.0836. The van der Waals surface area contributed by atoms with Gasteiger partial charge < -0.3 is 5.32 Å². The van der Waals surface area contributed by atoms with Crippen LogP contribution in [0.1, 0.15) is 63.9 Å². The van der Waals surface area contributed by atoms with E-state index in [4.69, 9.17) is 0 Å². The van der Waals surface area contributed by atoms with Gasteiger partial charge in [-0.3, -0.25) is 4.79 Å². The molecule has 134 valence electrons. The Hall–Kier alpha value is -1.40. The molecule has 1 aromatic rings. The fraction of sp³-hybridized carbons (Fsp3) is 0.611. The third kappa shape index (κ3) is 5.60. The van der Waals surface area contributed by atoms with Crippen LogP contribution in [-0.2, 0) is 14.8 Å². The molecule has 1 amide bonds. The van der Waals surface area contributed by atoms with E-state index in [9.17, 15) is 13.2 Å². The van der Waals surface area contributed by atoms with E-state index < -0.39 is 10.0 Å². The second-order valence-electron chi connectivity index (χ2n) is 6.77. The van der Waals surface area contributed by atoms with E-state index in [1.54, 1.807) is 12.1 Å². The van der Waals surface area contributed by atoms with Crippen LogP contribution in [0, 0.1) is 0 Å². The second kappa shape index (κ2) is 8.62. The molecule has 1 aliphatic carbocycles. The summed E-state index contributed by atoms with van der Waals surface area (Å²) in [6.07, 6.45) is 5.77. The Labute approximate surface area is 145 Å². The number of benzene rings is 1. The average molecular weight is 353 g/mol. The van der Waals surface area contributed by atoms with Crippen LogP contribution in [0.25, 0.3) is 0 Å². The third-order valence-electron chi connectivity index (χ3n) is 4.47. The van der Waals surface area contributed by atoms with Crippen molar-refractivity contribution in [2.75, 3.05) is 6.54 Å². The van der Waals surface area contributed by atoms with Crippen LogP contribution in [0.4, 0.5) is 0 Å². The standard InChI is InChI=1S/C18H28N2O3S/c1-14(2)15-8-10-17(11-9-15)24(22,23)19-13-12-18(21)20-16-6-4-3-5-7-16/h8-11,14,16,19H,3-7,12-13H2,1-2H3,(H,20,21). The zero-order valence-corrected chi connectivity index (χ0v) is 15.4. The van der Waals surface area contributed by atoms with Gasteiger partial charge in [0.1, 0.15) is 0 Å². The minimum Gasteiger partial charge on any atom is -0.353 e. The topological polar surface area (TPSA) is 75.3 Å². The van der Waals surface area contributed by atoms with Crippen LogP contribution in [0.5, 0.6) is 0 Å². The highest BCUT2D eigenvalue weighted by atomic mass is 32.2. The Morgan fingerprint density at radius 2 is 1.75 bits per heavy atom. The number of nitrogens with one attached hydrogen (secondary N) is 2. The summed E-state index contributed by atoms with van der Waals surface area (Å²) in [5, 5.41) is 2.99. The molecule has 2 N–H and O–H groups in total. The zero-order valence-electron chi connectivity index (χ0n) is 14.5. The maximum Gasteiger partial charge on any atom is 0.240 e. The summed E-state index contributed by atoms with van der Waals surface area (Å²) in [4.78, 5) is 12.1. The Balaban J connectivity index is 1.80. The number of rotatable bonds is 7. The molecule has 0 aliphatic heterocycles. The van der Waals surface area contributed by atoms with Gasteiger partial charge in [-0.05, 0) is 36.5 Å². The lowest BCUT2D eigenvalue weighted by Crippen LogP contribution is -2.38. The van der Waals surface area contributed by atoms with Gasteiger partial charge in [0.2, 0.25) is 15.9 Å². The molecular formula is C18H28N2O3S. The van der Waals surface area contributed by atoms with Crippen molar-refractivity contribution in [3.05, 3.63) is 29.8 Å². The number of hydrogen-bond donors (Lipinski definition) is 2. The van der Waals surface area contributed by atoms with Crippen LogP contribution in [0.3, 0.4) is 0 Å². The first kappa shape index (κ1) is 18.9. The summed E-state index contributed by atoms with van der Waals surface area (Å²) < 4.78 is 27.0. The fourth-order valence-electron chi connectivity index (χ4n) is 2.96. The van der Waals surface area contributed by atoms with Gasteiger partial charge in [0, 0.05) is 19.0 Å². The van der Waals surface area contributed by atoms with Crippen LogP contribution in [-0.4, -0.2) is 26.9 Å². The van der Waals surface area contributed by atoms with E-state index in [-0.39, 0.29) is 29.8 Å². The minimum atomic E-state index is -3.56. The van der Waals surface area contributed by atoms with Crippen molar-refractivity contribution in [1.29, 1.82) is 0 Å². The van der Waals surface area contributed by atoms with Gasteiger partial charge in [0.25, 0.3) is 0 Å². The van der Waals surface area contributed by atoms with Gasteiger partial charge in [0.05, 0.1) is 4.90 Å². The monoisotopic (exact) mass is 352 g/mol. The molecule has 0 atom stereocenters. The number of carbonyl (C=O) groups excluding carboxylic acids is 1. The molecule has 0 heterocycles. The van der Waals surface area contributed by atoms with Gasteiger partial charge in [-0.15, -0.1) is 0 Å². The molecule has 0 aromatic heterocycles. The lowest BCUT2D eigenvalue weighted by atomic mass is 9.95.